The van der Waals surface area contributed by atoms with Gasteiger partial charge in [0.1, 0.15) is 0 Å². The van der Waals surface area contributed by atoms with Crippen LogP contribution in [-0.4, -0.2) is 39.9 Å². The fraction of sp³-hybridized carbons (Fsp3) is 0.292. The quantitative estimate of drug-likeness (QED) is 0.313. The van der Waals surface area contributed by atoms with Crippen LogP contribution in [0.15, 0.2) is 54.1 Å². The highest BCUT2D eigenvalue weighted by Crippen LogP contribution is 2.49. The molecule has 0 bridgehead atoms. The summed E-state index contributed by atoms with van der Waals surface area (Å²) in [5, 5.41) is 5.01. The summed E-state index contributed by atoms with van der Waals surface area (Å²) in [4.78, 5) is 21.0. The highest BCUT2D eigenvalue weighted by molar-refractivity contribution is 6.30. The zero-order valence-corrected chi connectivity index (χ0v) is 20.5. The van der Waals surface area contributed by atoms with Crippen molar-refractivity contribution in [2.45, 2.75) is 37.0 Å². The summed E-state index contributed by atoms with van der Waals surface area (Å²) in [6, 6.07) is 4.17. The van der Waals surface area contributed by atoms with Gasteiger partial charge in [-0.2, -0.15) is 39.5 Å². The number of imidazole rings is 1. The molecule has 16 heteroatoms. The summed E-state index contributed by atoms with van der Waals surface area (Å²) in [6.45, 7) is -0.651. The summed E-state index contributed by atoms with van der Waals surface area (Å²) >= 11 is 5.69. The first-order valence-corrected chi connectivity index (χ1v) is 11.6. The van der Waals surface area contributed by atoms with Crippen LogP contribution in [0.3, 0.4) is 0 Å². The first-order valence-electron chi connectivity index (χ1n) is 11.2. The number of allylic oxidation sites excluding steroid dienone is 1. The molecule has 0 radical (unpaired) electrons. The minimum atomic E-state index is -5.18. The fourth-order valence-corrected chi connectivity index (χ4v) is 4.19. The average Bonchev–Trinajstić information content (AvgIpc) is 3.49. The summed E-state index contributed by atoms with van der Waals surface area (Å²) in [5.74, 6) is -0.798. The van der Waals surface area contributed by atoms with Crippen molar-refractivity contribution in [1.82, 2.24) is 14.7 Å². The molecular formula is C24H16ClF9N4O2. The van der Waals surface area contributed by atoms with Crippen molar-refractivity contribution < 1.29 is 49.1 Å². The number of aromatic nitrogens is 2. The molecule has 3 aromatic rings. The van der Waals surface area contributed by atoms with Crippen LogP contribution >= 0.6 is 11.6 Å². The van der Waals surface area contributed by atoms with E-state index < -0.39 is 65.6 Å². The topological polar surface area (TPSA) is 68.0 Å². The maximum Gasteiger partial charge on any atom is 0.435 e. The molecule has 0 fully saturated rings. The highest BCUT2D eigenvalue weighted by Gasteiger charge is 2.62. The average molecular weight is 599 g/mol. The smallest absolute Gasteiger partial charge is 0.374 e. The van der Waals surface area contributed by atoms with Crippen molar-refractivity contribution >= 4 is 34.8 Å². The van der Waals surface area contributed by atoms with Crippen molar-refractivity contribution in [3.05, 3.63) is 76.3 Å². The highest BCUT2D eigenvalue weighted by atomic mass is 35.5. The number of halogens is 10. The van der Waals surface area contributed by atoms with Crippen molar-refractivity contribution in [3.8, 4) is 0 Å². The molecule has 1 amide bonds. The Hall–Kier alpha value is -3.75. The molecule has 1 aliphatic rings. The van der Waals surface area contributed by atoms with Crippen LogP contribution in [0.5, 0.6) is 0 Å². The molecule has 1 aliphatic heterocycles. The van der Waals surface area contributed by atoms with Gasteiger partial charge in [-0.1, -0.05) is 16.8 Å². The number of carbonyl (C=O) groups is 1. The maximum atomic E-state index is 14.2. The first kappa shape index (κ1) is 29.2. The number of nitrogens with zero attached hydrogens (tertiary/aromatic N) is 3. The molecule has 1 atom stereocenters. The van der Waals surface area contributed by atoms with Gasteiger partial charge in [0.15, 0.2) is 0 Å². The number of benzene rings is 1. The monoisotopic (exact) mass is 598 g/mol. The molecular weight excluding hydrogens is 583 g/mol. The van der Waals surface area contributed by atoms with Gasteiger partial charge in [0.05, 0.1) is 41.3 Å². The number of fused-ring (bicyclic) bond motifs is 1. The molecule has 40 heavy (non-hydrogen) atoms. The minimum Gasteiger partial charge on any atom is -0.374 e. The van der Waals surface area contributed by atoms with E-state index in [1.54, 1.807) is 0 Å². The number of pyridine rings is 1. The molecule has 3 heterocycles. The Bertz CT molecular complexity index is 1490. The zero-order chi connectivity index (χ0) is 29.5. The van der Waals surface area contributed by atoms with E-state index in [-0.39, 0.29) is 22.5 Å². The third-order valence-corrected chi connectivity index (χ3v) is 6.11. The molecule has 1 N–H and O–H groups in total. The standard InChI is InChI=1S/C24H16ClF9N4O2/c25-15-8-13(7-14(9-15)23(29,30)31)21(24(32,33)34)10-16(37-40-21)1-2-17-3-4-18(19-11-35-12-38(17)19)20(39)36-6-5-22(26,27)28/h1-4,7-9,11-12H,5-6,10H2,(H,36,39). The predicted octanol–water partition coefficient (Wildman–Crippen LogP) is 6.94. The second-order valence-electron chi connectivity index (χ2n) is 8.68. The van der Waals surface area contributed by atoms with E-state index in [2.05, 4.69) is 15.5 Å². The van der Waals surface area contributed by atoms with Gasteiger partial charge in [0.2, 0.25) is 0 Å². The number of nitrogens with one attached hydrogen (secondary N) is 1. The number of hydrogen-bond acceptors (Lipinski definition) is 4. The van der Waals surface area contributed by atoms with E-state index in [9.17, 15) is 44.3 Å². The van der Waals surface area contributed by atoms with E-state index >= 15 is 0 Å². The second-order valence-corrected chi connectivity index (χ2v) is 9.11. The number of carbonyl (C=O) groups excluding carboxylic acids is 1. The largest absolute Gasteiger partial charge is 0.435 e. The van der Waals surface area contributed by atoms with Crippen LogP contribution in [0.25, 0.3) is 11.6 Å². The number of alkyl halides is 9. The summed E-state index contributed by atoms with van der Waals surface area (Å²) in [7, 11) is 0. The van der Waals surface area contributed by atoms with Crippen molar-refractivity contribution in [2.75, 3.05) is 6.54 Å². The Labute approximate surface area is 224 Å². The van der Waals surface area contributed by atoms with Gasteiger partial charge in [0, 0.05) is 29.2 Å². The molecule has 1 unspecified atom stereocenters. The fourth-order valence-electron chi connectivity index (χ4n) is 3.96. The van der Waals surface area contributed by atoms with E-state index in [4.69, 9.17) is 16.4 Å². The Balaban J connectivity index is 1.59. The zero-order valence-electron chi connectivity index (χ0n) is 19.8. The Morgan fingerprint density at radius 3 is 2.45 bits per heavy atom. The van der Waals surface area contributed by atoms with Crippen molar-refractivity contribution in [2.24, 2.45) is 5.16 Å². The molecule has 6 nitrogen and oxygen atoms in total. The molecule has 0 saturated carbocycles. The van der Waals surface area contributed by atoms with E-state index in [0.29, 0.717) is 12.1 Å². The predicted molar refractivity (Wildman–Crippen MR) is 125 cm³/mol. The third-order valence-electron chi connectivity index (χ3n) is 5.90. The number of oxime groups is 1. The SMILES string of the molecule is O=C(NCCC(F)(F)F)c1ccc(C=CC2=NOC(c3cc(Cl)cc(C(F)(F)F)c3)(C(F)(F)F)C2)n2cncc12. The lowest BCUT2D eigenvalue weighted by Crippen LogP contribution is -2.42. The van der Waals surface area contributed by atoms with E-state index in [1.807, 2.05) is 0 Å². The normalized spacial score (nSPS) is 18.3. The maximum absolute atomic E-state index is 14.2. The van der Waals surface area contributed by atoms with Crippen molar-refractivity contribution in [3.63, 3.8) is 0 Å². The van der Waals surface area contributed by atoms with Gasteiger partial charge in [0.25, 0.3) is 11.5 Å². The molecule has 214 valence electrons. The third kappa shape index (κ3) is 6.03. The van der Waals surface area contributed by atoms with Crippen LogP contribution in [0.2, 0.25) is 5.02 Å². The molecule has 0 spiro atoms. The number of rotatable bonds is 6. The Morgan fingerprint density at radius 1 is 1.07 bits per heavy atom. The Kier molecular flexibility index (Phi) is 7.56. The lowest BCUT2D eigenvalue weighted by Gasteiger charge is -2.30. The molecule has 0 saturated heterocycles. The van der Waals surface area contributed by atoms with Crippen LogP contribution in [0, 0.1) is 0 Å². The van der Waals surface area contributed by atoms with Crippen LogP contribution in [0.1, 0.15) is 40.0 Å². The lowest BCUT2D eigenvalue weighted by atomic mass is 9.87. The summed E-state index contributed by atoms with van der Waals surface area (Å²) < 4.78 is 121. The minimum absolute atomic E-state index is 0.00382. The van der Waals surface area contributed by atoms with Crippen LogP contribution < -0.4 is 5.32 Å². The second kappa shape index (κ2) is 10.3. The van der Waals surface area contributed by atoms with Gasteiger partial charge < -0.3 is 10.2 Å². The van der Waals surface area contributed by atoms with Crippen LogP contribution in [-0.2, 0) is 16.6 Å². The van der Waals surface area contributed by atoms with E-state index in [1.165, 1.54) is 35.1 Å². The van der Waals surface area contributed by atoms with Crippen LogP contribution in [0.4, 0.5) is 39.5 Å². The van der Waals surface area contributed by atoms with E-state index in [0.717, 1.165) is 12.1 Å². The van der Waals surface area contributed by atoms with Crippen molar-refractivity contribution in [1.29, 1.82) is 0 Å². The number of amides is 1. The lowest BCUT2D eigenvalue weighted by molar-refractivity contribution is -0.276. The van der Waals surface area contributed by atoms with Gasteiger partial charge in [-0.05, 0) is 42.5 Å². The molecule has 4 rings (SSSR count). The number of hydrogen-bond donors (Lipinski definition) is 1. The molecule has 1 aromatic carbocycles. The first-order chi connectivity index (χ1) is 18.5. The summed E-state index contributed by atoms with van der Waals surface area (Å²) in [5.41, 5.74) is -5.31. The van der Waals surface area contributed by atoms with Gasteiger partial charge >= 0.3 is 18.5 Å². The summed E-state index contributed by atoms with van der Waals surface area (Å²) in [6.07, 6.45) is -11.9. The van der Waals surface area contributed by atoms with Gasteiger partial charge in [-0.3, -0.25) is 9.20 Å². The molecule has 0 aliphatic carbocycles. The van der Waals surface area contributed by atoms with Gasteiger partial charge in [-0.25, -0.2) is 4.98 Å². The molecule has 2 aromatic heterocycles. The van der Waals surface area contributed by atoms with Gasteiger partial charge in [-0.15, -0.1) is 0 Å². The Morgan fingerprint density at radius 2 is 1.80 bits per heavy atom.